The molecule has 0 saturated carbocycles. The molecule has 0 aromatic heterocycles. The molecule has 0 atom stereocenters. The maximum atomic E-state index is 10.6. The molecule has 64 valence electrons. The zero-order chi connectivity index (χ0) is 9.84. The van der Waals surface area contributed by atoms with E-state index < -0.39 is 0 Å². The first-order valence-electron chi connectivity index (χ1n) is 3.37. The van der Waals surface area contributed by atoms with Gasteiger partial charge >= 0.3 is 0 Å². The predicted octanol–water partition coefficient (Wildman–Crippen LogP) is 1.79. The highest BCUT2D eigenvalue weighted by Crippen LogP contribution is 2.17. The Bertz CT molecular complexity index is 407. The molecule has 0 N–H and O–H groups in total. The number of carbonyl (C=O) groups excluding carboxylic acids is 2. The van der Waals surface area contributed by atoms with Crippen molar-refractivity contribution in [2.24, 2.45) is 0 Å². The predicted molar refractivity (Wildman–Crippen MR) is 54.6 cm³/mol. The first-order valence-corrected chi connectivity index (χ1v) is 4.45. The molecule has 0 radical (unpaired) electrons. The largest absolute Gasteiger partial charge is 0.298 e. The summed E-state index contributed by atoms with van der Waals surface area (Å²) in [4.78, 5) is 21.1. The van der Waals surface area contributed by atoms with Crippen molar-refractivity contribution in [3.63, 3.8) is 0 Å². The molecule has 0 saturated heterocycles. The monoisotopic (exact) mass is 285 g/mol. The molecular weight excluding hydrogens is 281 g/mol. The molecule has 0 aliphatic carbocycles. The van der Waals surface area contributed by atoms with Gasteiger partial charge < -0.3 is 0 Å². The highest BCUT2D eigenvalue weighted by atomic mass is 127. The van der Waals surface area contributed by atoms with Crippen LogP contribution in [0.4, 0.5) is 0 Å². The molecule has 1 rings (SSSR count). The molecule has 0 aliphatic rings. The molecule has 0 amide bonds. The molecule has 1 aromatic carbocycles. The van der Waals surface area contributed by atoms with E-state index in [0.29, 0.717) is 16.1 Å². The third-order valence-corrected chi connectivity index (χ3v) is 2.52. The van der Waals surface area contributed by atoms with Crippen LogP contribution in [0.5, 0.6) is 0 Å². The standard InChI is InChI=1S/C9H4INO2/c10-9-2-1-6(4-12)7(3-11)8(9)5-13/h1-2,4-5H. The van der Waals surface area contributed by atoms with E-state index in [-0.39, 0.29) is 16.7 Å². The number of carbonyl (C=O) groups is 2. The number of nitrogens with zero attached hydrogens (tertiary/aromatic N) is 1. The number of halogens is 1. The molecule has 0 spiro atoms. The van der Waals surface area contributed by atoms with Gasteiger partial charge in [0.15, 0.2) is 12.6 Å². The minimum atomic E-state index is 0.150. The summed E-state index contributed by atoms with van der Waals surface area (Å²) in [6.07, 6.45) is 1.16. The van der Waals surface area contributed by atoms with Crippen molar-refractivity contribution >= 4 is 35.2 Å². The van der Waals surface area contributed by atoms with Gasteiger partial charge in [-0.2, -0.15) is 5.26 Å². The van der Waals surface area contributed by atoms with E-state index in [0.717, 1.165) is 0 Å². The lowest BCUT2D eigenvalue weighted by Gasteiger charge is -2.00. The highest BCUT2D eigenvalue weighted by molar-refractivity contribution is 14.1. The maximum absolute atomic E-state index is 10.6. The summed E-state index contributed by atoms with van der Waals surface area (Å²) in [7, 11) is 0. The third kappa shape index (κ3) is 1.75. The molecule has 0 fully saturated rings. The van der Waals surface area contributed by atoms with Gasteiger partial charge in [0.25, 0.3) is 0 Å². The van der Waals surface area contributed by atoms with Crippen molar-refractivity contribution < 1.29 is 9.59 Å². The minimum Gasteiger partial charge on any atom is -0.298 e. The Kier molecular flexibility index (Phi) is 3.14. The Morgan fingerprint density at radius 3 is 2.46 bits per heavy atom. The molecule has 1 aromatic rings. The van der Waals surface area contributed by atoms with E-state index in [4.69, 9.17) is 5.26 Å². The van der Waals surface area contributed by atoms with Crippen molar-refractivity contribution in [3.05, 3.63) is 32.4 Å². The average Bonchev–Trinajstić information content (AvgIpc) is 2.17. The number of nitriles is 1. The van der Waals surface area contributed by atoms with Gasteiger partial charge in [0.1, 0.15) is 6.07 Å². The summed E-state index contributed by atoms with van der Waals surface area (Å²) in [6, 6.07) is 5.00. The Hall–Kier alpha value is -1.22. The first kappa shape index (κ1) is 9.86. The summed E-state index contributed by atoms with van der Waals surface area (Å²) < 4.78 is 0.676. The quantitative estimate of drug-likeness (QED) is 0.615. The summed E-state index contributed by atoms with van der Waals surface area (Å²) >= 11 is 1.94. The molecule has 0 heterocycles. The van der Waals surface area contributed by atoms with E-state index in [1.165, 1.54) is 6.07 Å². The minimum absolute atomic E-state index is 0.150. The average molecular weight is 285 g/mol. The van der Waals surface area contributed by atoms with Crippen LogP contribution in [-0.2, 0) is 0 Å². The van der Waals surface area contributed by atoms with E-state index in [1.54, 1.807) is 6.07 Å². The fourth-order valence-electron chi connectivity index (χ4n) is 0.949. The van der Waals surface area contributed by atoms with Crippen LogP contribution in [-0.4, -0.2) is 12.6 Å². The Morgan fingerprint density at radius 1 is 1.31 bits per heavy atom. The van der Waals surface area contributed by atoms with Gasteiger partial charge in [0.05, 0.1) is 5.56 Å². The molecule has 0 bridgehead atoms. The van der Waals surface area contributed by atoms with E-state index in [1.807, 2.05) is 28.7 Å². The summed E-state index contributed by atoms with van der Waals surface area (Å²) in [5.41, 5.74) is 0.689. The van der Waals surface area contributed by atoms with Gasteiger partial charge in [0, 0.05) is 14.7 Å². The fourth-order valence-corrected chi connectivity index (χ4v) is 1.53. The van der Waals surface area contributed by atoms with Crippen LogP contribution in [0.2, 0.25) is 0 Å². The third-order valence-electron chi connectivity index (χ3n) is 1.58. The topological polar surface area (TPSA) is 57.9 Å². The number of hydrogen-bond donors (Lipinski definition) is 0. The van der Waals surface area contributed by atoms with Crippen molar-refractivity contribution in [3.8, 4) is 6.07 Å². The maximum Gasteiger partial charge on any atom is 0.152 e. The smallest absolute Gasteiger partial charge is 0.152 e. The second kappa shape index (κ2) is 4.14. The second-order valence-electron chi connectivity index (χ2n) is 2.27. The van der Waals surface area contributed by atoms with Gasteiger partial charge in [-0.3, -0.25) is 9.59 Å². The lowest BCUT2D eigenvalue weighted by atomic mass is 10.0. The van der Waals surface area contributed by atoms with Crippen molar-refractivity contribution in [2.75, 3.05) is 0 Å². The summed E-state index contributed by atoms with van der Waals surface area (Å²) in [5, 5.41) is 8.71. The van der Waals surface area contributed by atoms with E-state index in [9.17, 15) is 9.59 Å². The van der Waals surface area contributed by atoms with Crippen molar-refractivity contribution in [1.29, 1.82) is 5.26 Å². The molecule has 3 nitrogen and oxygen atoms in total. The van der Waals surface area contributed by atoms with Crippen LogP contribution in [0.1, 0.15) is 26.3 Å². The van der Waals surface area contributed by atoms with Crippen molar-refractivity contribution in [2.45, 2.75) is 0 Å². The molecule has 0 unspecified atom stereocenters. The van der Waals surface area contributed by atoms with Gasteiger partial charge in [-0.25, -0.2) is 0 Å². The van der Waals surface area contributed by atoms with Crippen molar-refractivity contribution in [1.82, 2.24) is 0 Å². The number of aldehydes is 2. The van der Waals surface area contributed by atoms with Gasteiger partial charge in [-0.05, 0) is 34.7 Å². The van der Waals surface area contributed by atoms with Crippen LogP contribution in [0.3, 0.4) is 0 Å². The Morgan fingerprint density at radius 2 is 2.00 bits per heavy atom. The van der Waals surface area contributed by atoms with Crippen LogP contribution in [0.15, 0.2) is 12.1 Å². The van der Waals surface area contributed by atoms with Gasteiger partial charge in [-0.15, -0.1) is 0 Å². The van der Waals surface area contributed by atoms with Gasteiger partial charge in [-0.1, -0.05) is 0 Å². The zero-order valence-electron chi connectivity index (χ0n) is 6.45. The summed E-state index contributed by atoms with van der Waals surface area (Å²) in [6.45, 7) is 0. The normalized spacial score (nSPS) is 8.92. The van der Waals surface area contributed by atoms with Crippen LogP contribution in [0, 0.1) is 14.9 Å². The second-order valence-corrected chi connectivity index (χ2v) is 3.43. The SMILES string of the molecule is N#Cc1c(C=O)ccc(I)c1C=O. The van der Waals surface area contributed by atoms with Crippen LogP contribution < -0.4 is 0 Å². The number of hydrogen-bond acceptors (Lipinski definition) is 3. The van der Waals surface area contributed by atoms with Gasteiger partial charge in [0.2, 0.25) is 0 Å². The first-order chi connectivity index (χ1) is 6.24. The molecule has 4 heteroatoms. The number of benzene rings is 1. The molecular formula is C9H4INO2. The molecule has 13 heavy (non-hydrogen) atoms. The zero-order valence-corrected chi connectivity index (χ0v) is 8.61. The number of rotatable bonds is 2. The fraction of sp³-hybridized carbons (Fsp3) is 0. The lowest BCUT2D eigenvalue weighted by molar-refractivity contribution is 0.112. The van der Waals surface area contributed by atoms with Crippen LogP contribution in [0.25, 0.3) is 0 Å². The van der Waals surface area contributed by atoms with E-state index >= 15 is 0 Å². The van der Waals surface area contributed by atoms with Crippen LogP contribution >= 0.6 is 22.6 Å². The molecule has 0 aliphatic heterocycles. The van der Waals surface area contributed by atoms with E-state index in [2.05, 4.69) is 0 Å². The highest BCUT2D eigenvalue weighted by Gasteiger charge is 2.09. The Labute approximate surface area is 88.5 Å². The Balaban J connectivity index is 3.56. The lowest BCUT2D eigenvalue weighted by Crippen LogP contribution is -1.97. The summed E-state index contributed by atoms with van der Waals surface area (Å²) in [5.74, 6) is 0.